The molecule has 0 spiro atoms. The third kappa shape index (κ3) is 3.67. The van der Waals surface area contributed by atoms with Crippen LogP contribution >= 0.6 is 0 Å². The molecule has 0 atom stereocenters. The zero-order chi connectivity index (χ0) is 18.9. The van der Waals surface area contributed by atoms with Crippen LogP contribution in [0.2, 0.25) is 0 Å². The fourth-order valence-electron chi connectivity index (χ4n) is 3.34. The van der Waals surface area contributed by atoms with E-state index < -0.39 is 9.84 Å². The van der Waals surface area contributed by atoms with Crippen LogP contribution in [0.1, 0.15) is 41.4 Å². The van der Waals surface area contributed by atoms with E-state index in [1.54, 1.807) is 11.0 Å². The molecule has 1 aromatic heterocycles. The molecule has 0 radical (unpaired) electrons. The van der Waals surface area contributed by atoms with Crippen molar-refractivity contribution in [3.8, 4) is 5.88 Å². The molecule has 1 saturated heterocycles. The topological polar surface area (TPSA) is 106 Å². The van der Waals surface area contributed by atoms with Gasteiger partial charge in [-0.3, -0.25) is 9.59 Å². The molecule has 0 bridgehead atoms. The largest absolute Gasteiger partial charge is 0.481 e. The minimum absolute atomic E-state index is 0.0517. The van der Waals surface area contributed by atoms with Gasteiger partial charge in [-0.1, -0.05) is 0 Å². The molecule has 8 nitrogen and oxygen atoms in total. The van der Waals surface area contributed by atoms with E-state index in [1.165, 1.54) is 7.11 Å². The second kappa shape index (κ2) is 7.22. The number of aromatic nitrogens is 1. The van der Waals surface area contributed by atoms with E-state index in [-0.39, 0.29) is 35.8 Å². The Morgan fingerprint density at radius 2 is 2.08 bits per heavy atom. The van der Waals surface area contributed by atoms with Gasteiger partial charge in [-0.25, -0.2) is 13.4 Å². The summed E-state index contributed by atoms with van der Waals surface area (Å²) in [6.07, 6.45) is 0.690. The summed E-state index contributed by atoms with van der Waals surface area (Å²) in [5, 5.41) is 2.82. The zero-order valence-corrected chi connectivity index (χ0v) is 15.8. The SMILES string of the molecule is CCN1Cc2nc(OC)c(CNC(=O)C3CCS(=O)(=O)CC3)cc2C1=O. The van der Waals surface area contributed by atoms with Gasteiger partial charge in [0, 0.05) is 24.6 Å². The lowest BCUT2D eigenvalue weighted by Gasteiger charge is -2.21. The Morgan fingerprint density at radius 3 is 2.69 bits per heavy atom. The molecule has 26 heavy (non-hydrogen) atoms. The van der Waals surface area contributed by atoms with Gasteiger partial charge in [0.05, 0.1) is 36.4 Å². The van der Waals surface area contributed by atoms with E-state index in [9.17, 15) is 18.0 Å². The van der Waals surface area contributed by atoms with Gasteiger partial charge in [-0.05, 0) is 25.8 Å². The first-order valence-electron chi connectivity index (χ1n) is 8.68. The van der Waals surface area contributed by atoms with Crippen molar-refractivity contribution >= 4 is 21.7 Å². The van der Waals surface area contributed by atoms with Crippen LogP contribution in [0.15, 0.2) is 6.07 Å². The molecule has 1 fully saturated rings. The fraction of sp³-hybridized carbons (Fsp3) is 0.588. The Balaban J connectivity index is 1.69. The predicted molar refractivity (Wildman–Crippen MR) is 94.4 cm³/mol. The summed E-state index contributed by atoms with van der Waals surface area (Å²) in [5.41, 5.74) is 1.86. The molecule has 3 heterocycles. The second-order valence-corrected chi connectivity index (χ2v) is 8.92. The quantitative estimate of drug-likeness (QED) is 0.796. The van der Waals surface area contributed by atoms with E-state index in [0.29, 0.717) is 48.6 Å². The van der Waals surface area contributed by atoms with Crippen LogP contribution < -0.4 is 10.1 Å². The van der Waals surface area contributed by atoms with Gasteiger partial charge in [0.2, 0.25) is 11.8 Å². The molecular weight excluding hydrogens is 358 g/mol. The molecule has 0 aromatic carbocycles. The number of carbonyl (C=O) groups is 2. The number of sulfone groups is 1. The van der Waals surface area contributed by atoms with Gasteiger partial charge in [-0.2, -0.15) is 0 Å². The summed E-state index contributed by atoms with van der Waals surface area (Å²) in [5.74, 6) is -0.0522. The summed E-state index contributed by atoms with van der Waals surface area (Å²) in [6.45, 7) is 3.16. The van der Waals surface area contributed by atoms with Crippen LogP contribution in [0.5, 0.6) is 5.88 Å². The van der Waals surface area contributed by atoms with E-state index in [0.717, 1.165) is 0 Å². The molecular formula is C17H23N3O5S. The molecule has 2 amide bonds. The highest BCUT2D eigenvalue weighted by molar-refractivity contribution is 7.91. The number of nitrogens with zero attached hydrogens (tertiary/aromatic N) is 2. The molecule has 0 aliphatic carbocycles. The van der Waals surface area contributed by atoms with Crippen molar-refractivity contribution in [1.29, 1.82) is 0 Å². The van der Waals surface area contributed by atoms with Gasteiger partial charge in [0.1, 0.15) is 9.84 Å². The lowest BCUT2D eigenvalue weighted by atomic mass is 10.0. The minimum atomic E-state index is -3.00. The highest BCUT2D eigenvalue weighted by atomic mass is 32.2. The second-order valence-electron chi connectivity index (χ2n) is 6.61. The molecule has 142 valence electrons. The van der Waals surface area contributed by atoms with Gasteiger partial charge >= 0.3 is 0 Å². The molecule has 1 aromatic rings. The Labute approximate surface area is 152 Å². The number of nitrogens with one attached hydrogen (secondary N) is 1. The summed E-state index contributed by atoms with van der Waals surface area (Å²) < 4.78 is 28.3. The fourth-order valence-corrected chi connectivity index (χ4v) is 4.83. The maximum Gasteiger partial charge on any atom is 0.256 e. The number of rotatable bonds is 5. The van der Waals surface area contributed by atoms with Gasteiger partial charge in [-0.15, -0.1) is 0 Å². The normalized spacial score (nSPS) is 19.3. The highest BCUT2D eigenvalue weighted by Gasteiger charge is 2.31. The van der Waals surface area contributed by atoms with Crippen molar-refractivity contribution in [3.05, 3.63) is 22.9 Å². The van der Waals surface area contributed by atoms with E-state index >= 15 is 0 Å². The average Bonchev–Trinajstić information content (AvgIpc) is 2.94. The van der Waals surface area contributed by atoms with E-state index in [2.05, 4.69) is 10.3 Å². The van der Waals surface area contributed by atoms with Crippen molar-refractivity contribution in [1.82, 2.24) is 15.2 Å². The summed E-state index contributed by atoms with van der Waals surface area (Å²) in [4.78, 5) is 30.8. The van der Waals surface area contributed by atoms with Gasteiger partial charge < -0.3 is 15.0 Å². The monoisotopic (exact) mass is 381 g/mol. The van der Waals surface area contributed by atoms with E-state index in [4.69, 9.17) is 4.74 Å². The molecule has 0 unspecified atom stereocenters. The number of fused-ring (bicyclic) bond motifs is 1. The van der Waals surface area contributed by atoms with Crippen LogP contribution in [0.25, 0.3) is 0 Å². The number of carbonyl (C=O) groups excluding carboxylic acids is 2. The molecule has 9 heteroatoms. The summed E-state index contributed by atoms with van der Waals surface area (Å²) in [6, 6.07) is 1.73. The van der Waals surface area contributed by atoms with Crippen LogP contribution in [-0.2, 0) is 27.7 Å². The van der Waals surface area contributed by atoms with Crippen LogP contribution in [0.4, 0.5) is 0 Å². The lowest BCUT2D eigenvalue weighted by molar-refractivity contribution is -0.125. The number of hydrogen-bond donors (Lipinski definition) is 1. The molecule has 2 aliphatic rings. The predicted octanol–water partition coefficient (Wildman–Crippen LogP) is 0.507. The first kappa shape index (κ1) is 18.6. The lowest BCUT2D eigenvalue weighted by Crippen LogP contribution is -2.36. The number of pyridine rings is 1. The highest BCUT2D eigenvalue weighted by Crippen LogP contribution is 2.27. The molecule has 2 aliphatic heterocycles. The standard InChI is InChI=1S/C17H23N3O5S/c1-3-20-10-14-13(17(20)22)8-12(16(19-14)25-2)9-18-15(21)11-4-6-26(23,24)7-5-11/h8,11H,3-7,9-10H2,1-2H3,(H,18,21). The minimum Gasteiger partial charge on any atom is -0.481 e. The molecule has 0 saturated carbocycles. The number of ether oxygens (including phenoxy) is 1. The third-order valence-electron chi connectivity index (χ3n) is 4.95. The Hall–Kier alpha value is -2.16. The first-order chi connectivity index (χ1) is 12.3. The van der Waals surface area contributed by atoms with Crippen LogP contribution in [0, 0.1) is 5.92 Å². The van der Waals surface area contributed by atoms with Gasteiger partial charge in [0.15, 0.2) is 0 Å². The zero-order valence-electron chi connectivity index (χ0n) is 14.9. The Morgan fingerprint density at radius 1 is 1.38 bits per heavy atom. The van der Waals surface area contributed by atoms with Crippen LogP contribution in [0.3, 0.4) is 0 Å². The van der Waals surface area contributed by atoms with Crippen LogP contribution in [-0.4, -0.2) is 55.3 Å². The smallest absolute Gasteiger partial charge is 0.256 e. The van der Waals surface area contributed by atoms with Crippen molar-refractivity contribution in [2.24, 2.45) is 5.92 Å². The maximum absolute atomic E-state index is 12.3. The first-order valence-corrected chi connectivity index (χ1v) is 10.5. The third-order valence-corrected chi connectivity index (χ3v) is 6.67. The van der Waals surface area contributed by atoms with Crippen molar-refractivity contribution in [2.45, 2.75) is 32.9 Å². The van der Waals surface area contributed by atoms with E-state index in [1.807, 2.05) is 6.92 Å². The maximum atomic E-state index is 12.3. The Bertz CT molecular complexity index is 823. The summed E-state index contributed by atoms with van der Waals surface area (Å²) in [7, 11) is -1.50. The Kier molecular flexibility index (Phi) is 5.17. The molecule has 3 rings (SSSR count). The van der Waals surface area contributed by atoms with Crippen molar-refractivity contribution < 1.29 is 22.7 Å². The number of amides is 2. The summed E-state index contributed by atoms with van der Waals surface area (Å²) >= 11 is 0. The van der Waals surface area contributed by atoms with Crippen molar-refractivity contribution in [2.75, 3.05) is 25.2 Å². The average molecular weight is 381 g/mol. The molecule has 1 N–H and O–H groups in total. The number of hydrogen-bond acceptors (Lipinski definition) is 6. The number of methoxy groups -OCH3 is 1. The van der Waals surface area contributed by atoms with Crippen molar-refractivity contribution in [3.63, 3.8) is 0 Å². The van der Waals surface area contributed by atoms with Gasteiger partial charge in [0.25, 0.3) is 5.91 Å².